The number of carbonyl (C=O) groups excluding carboxylic acids is 1. The highest BCUT2D eigenvalue weighted by Crippen LogP contribution is 2.05. The minimum Gasteiger partial charge on any atom is -0.383 e. The maximum absolute atomic E-state index is 11.4. The Morgan fingerprint density at radius 2 is 2.19 bits per heavy atom. The molecule has 16 heavy (non-hydrogen) atoms. The summed E-state index contributed by atoms with van der Waals surface area (Å²) in [5.74, 6) is -0.315. The van der Waals surface area contributed by atoms with Gasteiger partial charge in [-0.3, -0.25) is 4.79 Å². The summed E-state index contributed by atoms with van der Waals surface area (Å²) in [5, 5.41) is 3.20. The average Bonchev–Trinajstić information content (AvgIpc) is 2.23. The van der Waals surface area contributed by atoms with Gasteiger partial charge in [0.15, 0.2) is 0 Å². The van der Waals surface area contributed by atoms with Crippen molar-refractivity contribution in [2.75, 3.05) is 40.4 Å². The van der Waals surface area contributed by atoms with Crippen molar-refractivity contribution in [1.82, 2.24) is 10.2 Å². The molecule has 0 aromatic rings. The van der Waals surface area contributed by atoms with E-state index in [0.29, 0.717) is 13.2 Å². The number of hydrogen-bond acceptors (Lipinski definition) is 4. The Morgan fingerprint density at radius 3 is 2.62 bits per heavy atom. The Hall–Kier alpha value is -0.650. The van der Waals surface area contributed by atoms with Crippen LogP contribution >= 0.6 is 0 Å². The number of hydrogen-bond donors (Lipinski definition) is 2. The van der Waals surface area contributed by atoms with E-state index in [-0.39, 0.29) is 5.91 Å². The topological polar surface area (TPSA) is 67.6 Å². The number of rotatable bonds is 9. The molecule has 0 aliphatic carbocycles. The van der Waals surface area contributed by atoms with Crippen molar-refractivity contribution < 1.29 is 9.53 Å². The quantitative estimate of drug-likeness (QED) is 0.577. The van der Waals surface area contributed by atoms with Gasteiger partial charge in [0.2, 0.25) is 5.91 Å². The van der Waals surface area contributed by atoms with Gasteiger partial charge < -0.3 is 20.7 Å². The molecule has 1 amide bonds. The third kappa shape index (κ3) is 5.44. The molecule has 0 aliphatic heterocycles. The van der Waals surface area contributed by atoms with Crippen LogP contribution in [-0.2, 0) is 9.53 Å². The standard InChI is InChI=1S/C11H25N3O2/c1-5-6-13-11(2,10(12)15)9-14(3)7-8-16-4/h13H,5-9H2,1-4H3,(H2,12,15). The van der Waals surface area contributed by atoms with Crippen LogP contribution < -0.4 is 11.1 Å². The molecule has 0 spiro atoms. The molecule has 5 nitrogen and oxygen atoms in total. The number of likely N-dealkylation sites (N-methyl/N-ethyl adjacent to an activating group) is 1. The molecular weight excluding hydrogens is 206 g/mol. The summed E-state index contributed by atoms with van der Waals surface area (Å²) >= 11 is 0. The van der Waals surface area contributed by atoms with Crippen LogP contribution in [0.1, 0.15) is 20.3 Å². The Labute approximate surface area is 98.3 Å². The zero-order valence-electron chi connectivity index (χ0n) is 10.9. The van der Waals surface area contributed by atoms with Gasteiger partial charge in [-0.1, -0.05) is 6.92 Å². The van der Waals surface area contributed by atoms with Crippen LogP contribution in [0.2, 0.25) is 0 Å². The van der Waals surface area contributed by atoms with E-state index < -0.39 is 5.54 Å². The second-order valence-corrected chi connectivity index (χ2v) is 4.35. The molecule has 0 bridgehead atoms. The molecule has 0 rings (SSSR count). The maximum atomic E-state index is 11.4. The lowest BCUT2D eigenvalue weighted by Gasteiger charge is -2.32. The van der Waals surface area contributed by atoms with E-state index in [4.69, 9.17) is 10.5 Å². The van der Waals surface area contributed by atoms with Crippen LogP contribution in [0.15, 0.2) is 0 Å². The molecule has 96 valence electrons. The normalized spacial score (nSPS) is 15.1. The minimum atomic E-state index is -0.668. The van der Waals surface area contributed by atoms with Crippen LogP contribution in [0, 0.1) is 0 Å². The van der Waals surface area contributed by atoms with E-state index in [1.165, 1.54) is 0 Å². The highest BCUT2D eigenvalue weighted by atomic mass is 16.5. The number of nitrogens with two attached hydrogens (primary N) is 1. The van der Waals surface area contributed by atoms with Gasteiger partial charge in [-0.25, -0.2) is 0 Å². The van der Waals surface area contributed by atoms with E-state index >= 15 is 0 Å². The van der Waals surface area contributed by atoms with Crippen LogP contribution in [0.3, 0.4) is 0 Å². The first kappa shape index (κ1) is 15.3. The van der Waals surface area contributed by atoms with Crippen LogP contribution in [-0.4, -0.2) is 56.7 Å². The minimum absolute atomic E-state index is 0.315. The van der Waals surface area contributed by atoms with Crippen molar-refractivity contribution in [2.45, 2.75) is 25.8 Å². The lowest BCUT2D eigenvalue weighted by molar-refractivity contribution is -0.124. The predicted octanol–water partition coefficient (Wildman–Crippen LogP) is -0.192. The summed E-state index contributed by atoms with van der Waals surface area (Å²) < 4.78 is 4.99. The smallest absolute Gasteiger partial charge is 0.238 e. The lowest BCUT2D eigenvalue weighted by atomic mass is 10.0. The molecule has 0 aromatic heterocycles. The number of nitrogens with one attached hydrogen (secondary N) is 1. The molecule has 1 atom stereocenters. The van der Waals surface area contributed by atoms with Gasteiger partial charge >= 0.3 is 0 Å². The maximum Gasteiger partial charge on any atom is 0.238 e. The number of primary amides is 1. The fourth-order valence-corrected chi connectivity index (χ4v) is 1.49. The van der Waals surface area contributed by atoms with Crippen molar-refractivity contribution in [3.05, 3.63) is 0 Å². The van der Waals surface area contributed by atoms with Crippen molar-refractivity contribution >= 4 is 5.91 Å². The number of carbonyl (C=O) groups is 1. The van der Waals surface area contributed by atoms with Gasteiger partial charge in [-0.05, 0) is 26.9 Å². The zero-order valence-corrected chi connectivity index (χ0v) is 10.9. The van der Waals surface area contributed by atoms with Crippen molar-refractivity contribution in [2.24, 2.45) is 5.73 Å². The highest BCUT2D eigenvalue weighted by molar-refractivity contribution is 5.84. The largest absolute Gasteiger partial charge is 0.383 e. The Kier molecular flexibility index (Phi) is 7.29. The van der Waals surface area contributed by atoms with Gasteiger partial charge in [0.1, 0.15) is 5.54 Å². The summed E-state index contributed by atoms with van der Waals surface area (Å²) in [6.45, 7) is 6.72. The molecule has 0 heterocycles. The van der Waals surface area contributed by atoms with Gasteiger partial charge in [0.25, 0.3) is 0 Å². The van der Waals surface area contributed by atoms with Gasteiger partial charge in [0, 0.05) is 20.2 Å². The Bertz CT molecular complexity index is 211. The summed E-state index contributed by atoms with van der Waals surface area (Å²) in [6, 6.07) is 0. The van der Waals surface area contributed by atoms with Crippen LogP contribution in [0.5, 0.6) is 0 Å². The molecule has 5 heteroatoms. The number of nitrogens with zero attached hydrogens (tertiary/aromatic N) is 1. The van der Waals surface area contributed by atoms with Gasteiger partial charge in [-0.2, -0.15) is 0 Å². The monoisotopic (exact) mass is 231 g/mol. The fraction of sp³-hybridized carbons (Fsp3) is 0.909. The Balaban J connectivity index is 4.25. The van der Waals surface area contributed by atoms with Crippen molar-refractivity contribution in [3.63, 3.8) is 0 Å². The number of methoxy groups -OCH3 is 1. The second-order valence-electron chi connectivity index (χ2n) is 4.35. The van der Waals surface area contributed by atoms with E-state index in [9.17, 15) is 4.79 Å². The summed E-state index contributed by atoms with van der Waals surface area (Å²) in [7, 11) is 3.62. The van der Waals surface area contributed by atoms with Crippen molar-refractivity contribution in [1.29, 1.82) is 0 Å². The lowest BCUT2D eigenvalue weighted by Crippen LogP contribution is -2.59. The number of ether oxygens (including phenoxy) is 1. The van der Waals surface area contributed by atoms with Gasteiger partial charge in [0.05, 0.1) is 6.61 Å². The summed E-state index contributed by atoms with van der Waals surface area (Å²) in [5.41, 5.74) is 4.76. The molecule has 0 saturated carbocycles. The third-order valence-electron chi connectivity index (χ3n) is 2.57. The first-order valence-electron chi connectivity index (χ1n) is 5.68. The highest BCUT2D eigenvalue weighted by Gasteiger charge is 2.31. The molecule has 0 fully saturated rings. The van der Waals surface area contributed by atoms with Crippen molar-refractivity contribution in [3.8, 4) is 0 Å². The molecular formula is C11H25N3O2. The first-order valence-corrected chi connectivity index (χ1v) is 5.68. The molecule has 0 aliphatic rings. The number of amides is 1. The SMILES string of the molecule is CCCNC(C)(CN(C)CCOC)C(N)=O. The van der Waals surface area contributed by atoms with E-state index in [2.05, 4.69) is 12.2 Å². The average molecular weight is 231 g/mol. The predicted molar refractivity (Wildman–Crippen MR) is 65.3 cm³/mol. The summed E-state index contributed by atoms with van der Waals surface area (Å²) in [4.78, 5) is 13.5. The third-order valence-corrected chi connectivity index (χ3v) is 2.57. The van der Waals surface area contributed by atoms with Crippen LogP contribution in [0.25, 0.3) is 0 Å². The molecule has 0 aromatic carbocycles. The van der Waals surface area contributed by atoms with Crippen LogP contribution in [0.4, 0.5) is 0 Å². The fourth-order valence-electron chi connectivity index (χ4n) is 1.49. The first-order chi connectivity index (χ1) is 7.46. The van der Waals surface area contributed by atoms with E-state index in [1.54, 1.807) is 7.11 Å². The zero-order chi connectivity index (χ0) is 12.6. The van der Waals surface area contributed by atoms with E-state index in [0.717, 1.165) is 19.5 Å². The van der Waals surface area contributed by atoms with E-state index in [1.807, 2.05) is 18.9 Å². The molecule has 0 radical (unpaired) electrons. The Morgan fingerprint density at radius 1 is 1.56 bits per heavy atom. The molecule has 1 unspecified atom stereocenters. The second kappa shape index (κ2) is 7.60. The molecule has 0 saturated heterocycles. The molecule has 3 N–H and O–H groups in total. The van der Waals surface area contributed by atoms with Gasteiger partial charge in [-0.15, -0.1) is 0 Å². The summed E-state index contributed by atoms with van der Waals surface area (Å²) in [6.07, 6.45) is 0.977.